The molecule has 2 aromatic rings. The summed E-state index contributed by atoms with van der Waals surface area (Å²) in [7, 11) is 0. The Hall–Kier alpha value is -1.62. The van der Waals surface area contributed by atoms with Crippen LogP contribution in [-0.2, 0) is 0 Å². The van der Waals surface area contributed by atoms with Crippen LogP contribution < -0.4 is 10.6 Å². The van der Waals surface area contributed by atoms with Gasteiger partial charge in [-0.1, -0.05) is 6.07 Å². The highest BCUT2D eigenvalue weighted by atomic mass is 15.4. The second kappa shape index (κ2) is 3.70. The second-order valence-corrected chi connectivity index (χ2v) is 5.06. The van der Waals surface area contributed by atoms with Crippen molar-refractivity contribution in [3.05, 3.63) is 23.9 Å². The molecule has 0 aromatic carbocycles. The van der Waals surface area contributed by atoms with E-state index >= 15 is 0 Å². The Morgan fingerprint density at radius 3 is 3.12 bits per heavy atom. The molecule has 2 aromatic heterocycles. The van der Waals surface area contributed by atoms with Crippen LogP contribution in [0.15, 0.2) is 18.3 Å². The van der Waals surface area contributed by atoms with E-state index in [2.05, 4.69) is 34.6 Å². The van der Waals surface area contributed by atoms with Crippen molar-refractivity contribution >= 4 is 11.6 Å². The zero-order valence-electron chi connectivity index (χ0n) is 10.2. The molecule has 3 rings (SSSR count). The number of nitrogens with zero attached hydrogens (tertiary/aromatic N) is 3. The summed E-state index contributed by atoms with van der Waals surface area (Å²) in [5, 5.41) is 11.2. The highest BCUT2D eigenvalue weighted by Crippen LogP contribution is 2.19. The predicted octanol–water partition coefficient (Wildman–Crippen LogP) is 1.20. The highest BCUT2D eigenvalue weighted by molar-refractivity contribution is 5.45. The number of hydrogen-bond donors (Lipinski definition) is 2. The molecule has 0 spiro atoms. The first-order valence-electron chi connectivity index (χ1n) is 5.97. The molecule has 1 aliphatic heterocycles. The molecule has 90 valence electrons. The van der Waals surface area contributed by atoms with Gasteiger partial charge in [-0.15, -0.1) is 5.10 Å². The monoisotopic (exact) mass is 231 g/mol. The Balaban J connectivity index is 1.90. The summed E-state index contributed by atoms with van der Waals surface area (Å²) in [6.07, 6.45) is 3.09. The molecule has 2 N–H and O–H groups in total. The first-order chi connectivity index (χ1) is 8.15. The largest absolute Gasteiger partial charge is 0.346 e. The van der Waals surface area contributed by atoms with Gasteiger partial charge in [0.2, 0.25) is 5.95 Å². The van der Waals surface area contributed by atoms with Crippen LogP contribution in [0, 0.1) is 6.92 Å². The van der Waals surface area contributed by atoms with Gasteiger partial charge in [0.1, 0.15) is 0 Å². The number of fused-ring (bicyclic) bond motifs is 1. The van der Waals surface area contributed by atoms with E-state index in [4.69, 9.17) is 0 Å². The summed E-state index contributed by atoms with van der Waals surface area (Å²) in [6.45, 7) is 6.26. The maximum absolute atomic E-state index is 4.48. The first kappa shape index (κ1) is 10.5. The molecule has 0 amide bonds. The molecule has 1 unspecified atom stereocenters. The van der Waals surface area contributed by atoms with E-state index in [1.165, 1.54) is 5.56 Å². The summed E-state index contributed by atoms with van der Waals surface area (Å²) >= 11 is 0. The number of hydrogen-bond acceptors (Lipinski definition) is 4. The van der Waals surface area contributed by atoms with Gasteiger partial charge in [0.15, 0.2) is 5.65 Å². The van der Waals surface area contributed by atoms with Gasteiger partial charge in [0.25, 0.3) is 0 Å². The normalized spacial score (nSPS) is 24.4. The molecule has 17 heavy (non-hydrogen) atoms. The smallest absolute Gasteiger partial charge is 0.243 e. The van der Waals surface area contributed by atoms with Crippen molar-refractivity contribution in [2.24, 2.45) is 0 Å². The molecular weight excluding hydrogens is 214 g/mol. The Bertz CT molecular complexity index is 539. The molecule has 5 nitrogen and oxygen atoms in total. The fourth-order valence-corrected chi connectivity index (χ4v) is 2.23. The van der Waals surface area contributed by atoms with Gasteiger partial charge in [0.05, 0.1) is 5.54 Å². The molecule has 5 heteroatoms. The number of anilines is 1. The molecule has 1 fully saturated rings. The number of nitrogens with one attached hydrogen (secondary N) is 2. The van der Waals surface area contributed by atoms with Crippen molar-refractivity contribution in [3.8, 4) is 0 Å². The lowest BCUT2D eigenvalue weighted by Gasteiger charge is -2.23. The van der Waals surface area contributed by atoms with Crippen LogP contribution >= 0.6 is 0 Å². The average molecular weight is 231 g/mol. The van der Waals surface area contributed by atoms with Gasteiger partial charge in [0, 0.05) is 12.7 Å². The van der Waals surface area contributed by atoms with Crippen molar-refractivity contribution < 1.29 is 0 Å². The molecule has 1 aliphatic rings. The lowest BCUT2D eigenvalue weighted by molar-refractivity contribution is 0.561. The van der Waals surface area contributed by atoms with Gasteiger partial charge in [-0.05, 0) is 38.4 Å². The fraction of sp³-hybridized carbons (Fsp3) is 0.500. The van der Waals surface area contributed by atoms with Crippen LogP contribution in [0.4, 0.5) is 5.95 Å². The second-order valence-electron chi connectivity index (χ2n) is 5.06. The molecule has 1 atom stereocenters. The number of aryl methyl sites for hydroxylation is 1. The van der Waals surface area contributed by atoms with Crippen molar-refractivity contribution in [2.45, 2.75) is 25.8 Å². The van der Waals surface area contributed by atoms with Gasteiger partial charge in [-0.2, -0.15) is 4.98 Å². The first-order valence-corrected chi connectivity index (χ1v) is 5.97. The predicted molar refractivity (Wildman–Crippen MR) is 67.2 cm³/mol. The average Bonchev–Trinajstić information content (AvgIpc) is 2.84. The summed E-state index contributed by atoms with van der Waals surface area (Å²) in [4.78, 5) is 4.48. The molecule has 0 saturated carbocycles. The van der Waals surface area contributed by atoms with Crippen molar-refractivity contribution in [2.75, 3.05) is 18.4 Å². The van der Waals surface area contributed by atoms with Crippen LogP contribution in [0.2, 0.25) is 0 Å². The van der Waals surface area contributed by atoms with E-state index in [0.29, 0.717) is 5.95 Å². The van der Waals surface area contributed by atoms with E-state index in [-0.39, 0.29) is 5.54 Å². The maximum Gasteiger partial charge on any atom is 0.243 e. The molecular formula is C12H17N5. The van der Waals surface area contributed by atoms with Crippen molar-refractivity contribution in [1.82, 2.24) is 19.9 Å². The third-order valence-corrected chi connectivity index (χ3v) is 3.26. The van der Waals surface area contributed by atoms with E-state index in [1.807, 2.05) is 22.8 Å². The summed E-state index contributed by atoms with van der Waals surface area (Å²) in [5.74, 6) is 0.710. The molecule has 0 radical (unpaired) electrons. The Kier molecular flexibility index (Phi) is 2.29. The highest BCUT2D eigenvalue weighted by Gasteiger charge is 2.29. The molecule has 1 saturated heterocycles. The number of rotatable bonds is 2. The lowest BCUT2D eigenvalue weighted by Crippen LogP contribution is -2.37. The standard InChI is InChI=1S/C12H17N5/c1-9-3-4-10-14-11(16-17(10)7-9)15-12(2)5-6-13-8-12/h3-4,7,13H,5-6,8H2,1-2H3,(H,15,16). The van der Waals surface area contributed by atoms with Gasteiger partial charge < -0.3 is 10.6 Å². The van der Waals surface area contributed by atoms with Crippen LogP contribution in [0.5, 0.6) is 0 Å². The minimum Gasteiger partial charge on any atom is -0.346 e. The van der Waals surface area contributed by atoms with Crippen molar-refractivity contribution in [3.63, 3.8) is 0 Å². The minimum atomic E-state index is 0.0694. The third kappa shape index (κ3) is 1.98. The van der Waals surface area contributed by atoms with Crippen LogP contribution in [0.1, 0.15) is 18.9 Å². The van der Waals surface area contributed by atoms with Gasteiger partial charge in [-0.3, -0.25) is 0 Å². The number of pyridine rings is 1. The topological polar surface area (TPSA) is 54.2 Å². The lowest BCUT2D eigenvalue weighted by atomic mass is 10.0. The molecule has 0 bridgehead atoms. The Morgan fingerprint density at radius 2 is 2.35 bits per heavy atom. The van der Waals surface area contributed by atoms with Crippen LogP contribution in [0.25, 0.3) is 5.65 Å². The fourth-order valence-electron chi connectivity index (χ4n) is 2.23. The summed E-state index contributed by atoms with van der Waals surface area (Å²) in [6, 6.07) is 4.04. The third-order valence-electron chi connectivity index (χ3n) is 3.26. The van der Waals surface area contributed by atoms with E-state index in [1.54, 1.807) is 0 Å². The van der Waals surface area contributed by atoms with Crippen LogP contribution in [0.3, 0.4) is 0 Å². The minimum absolute atomic E-state index is 0.0694. The zero-order chi connectivity index (χ0) is 11.9. The summed E-state index contributed by atoms with van der Waals surface area (Å²) < 4.78 is 1.82. The van der Waals surface area contributed by atoms with Gasteiger partial charge >= 0.3 is 0 Å². The van der Waals surface area contributed by atoms with E-state index in [0.717, 1.165) is 25.2 Å². The quantitative estimate of drug-likeness (QED) is 0.815. The van der Waals surface area contributed by atoms with Crippen LogP contribution in [-0.4, -0.2) is 33.2 Å². The maximum atomic E-state index is 4.48. The van der Waals surface area contributed by atoms with E-state index in [9.17, 15) is 0 Å². The van der Waals surface area contributed by atoms with Gasteiger partial charge in [-0.25, -0.2) is 4.52 Å². The number of aromatic nitrogens is 3. The Labute approximate surface area is 100 Å². The van der Waals surface area contributed by atoms with E-state index < -0.39 is 0 Å². The zero-order valence-corrected chi connectivity index (χ0v) is 10.2. The SMILES string of the molecule is Cc1ccc2nc(NC3(C)CCNC3)nn2c1. The molecule has 3 heterocycles. The molecule has 0 aliphatic carbocycles. The Morgan fingerprint density at radius 1 is 1.47 bits per heavy atom. The van der Waals surface area contributed by atoms with Crippen molar-refractivity contribution in [1.29, 1.82) is 0 Å². The summed E-state index contributed by atoms with van der Waals surface area (Å²) in [5.41, 5.74) is 2.13.